The molecule has 3 heteroatoms. The number of hydrogen-bond donors (Lipinski definition) is 1. The molecule has 2 atom stereocenters. The molecule has 0 spiro atoms. The molecule has 0 radical (unpaired) electrons. The van der Waals surface area contributed by atoms with Crippen LogP contribution in [0.25, 0.3) is 0 Å². The van der Waals surface area contributed by atoms with Gasteiger partial charge in [0.1, 0.15) is 12.4 Å². The van der Waals surface area contributed by atoms with E-state index in [9.17, 15) is 0 Å². The van der Waals surface area contributed by atoms with Crippen LogP contribution in [0.3, 0.4) is 0 Å². The highest BCUT2D eigenvalue weighted by atomic mass is 16.5. The third kappa shape index (κ3) is 3.15. The molecule has 1 aliphatic carbocycles. The third-order valence-corrected chi connectivity index (χ3v) is 4.89. The van der Waals surface area contributed by atoms with Crippen LogP contribution in [-0.4, -0.2) is 30.6 Å². The van der Waals surface area contributed by atoms with Gasteiger partial charge in [-0.05, 0) is 55.8 Å². The highest BCUT2D eigenvalue weighted by molar-refractivity contribution is 5.28. The molecule has 0 aromatic heterocycles. The molecule has 0 amide bonds. The number of fused-ring (bicyclic) bond motifs is 1. The maximum Gasteiger partial charge on any atom is 0.119 e. The van der Waals surface area contributed by atoms with E-state index >= 15 is 0 Å². The van der Waals surface area contributed by atoms with E-state index in [2.05, 4.69) is 11.0 Å². The van der Waals surface area contributed by atoms with Crippen LogP contribution in [0.1, 0.15) is 37.7 Å². The van der Waals surface area contributed by atoms with Gasteiger partial charge < -0.3 is 10.5 Å². The van der Waals surface area contributed by atoms with Gasteiger partial charge in [0.25, 0.3) is 0 Å². The van der Waals surface area contributed by atoms with Crippen LogP contribution in [0.15, 0.2) is 24.3 Å². The van der Waals surface area contributed by atoms with Gasteiger partial charge in [0.05, 0.1) is 0 Å². The highest BCUT2D eigenvalue weighted by Gasteiger charge is 2.34. The molecule has 0 bridgehead atoms. The van der Waals surface area contributed by atoms with Crippen molar-refractivity contribution in [3.63, 3.8) is 0 Å². The maximum absolute atomic E-state index is 5.90. The van der Waals surface area contributed by atoms with Gasteiger partial charge in [-0.3, -0.25) is 4.90 Å². The van der Waals surface area contributed by atoms with Crippen LogP contribution in [0.2, 0.25) is 0 Å². The standard InChI is InChI=1S/C17H26N2O/c18-13-14-4-1-7-16(12-14)20-11-10-19-9-3-6-15-5-2-8-17(15)19/h1,4,7,12,15,17H,2-3,5-6,8-11,13,18H2. The summed E-state index contributed by atoms with van der Waals surface area (Å²) in [6, 6.07) is 8.97. The number of piperidine rings is 1. The molecule has 1 aliphatic heterocycles. The van der Waals surface area contributed by atoms with E-state index in [-0.39, 0.29) is 0 Å². The zero-order valence-electron chi connectivity index (χ0n) is 12.3. The largest absolute Gasteiger partial charge is 0.492 e. The predicted octanol–water partition coefficient (Wildman–Crippen LogP) is 2.79. The summed E-state index contributed by atoms with van der Waals surface area (Å²) >= 11 is 0. The minimum absolute atomic E-state index is 0.576. The number of nitrogens with two attached hydrogens (primary N) is 1. The Kier molecular flexibility index (Phi) is 4.58. The Morgan fingerprint density at radius 2 is 2.10 bits per heavy atom. The number of likely N-dealkylation sites (tertiary alicyclic amines) is 1. The molecular weight excluding hydrogens is 248 g/mol. The van der Waals surface area contributed by atoms with Crippen molar-refractivity contribution in [3.8, 4) is 5.75 Å². The van der Waals surface area contributed by atoms with Crippen LogP contribution >= 0.6 is 0 Å². The number of nitrogens with zero attached hydrogens (tertiary/aromatic N) is 1. The maximum atomic E-state index is 5.90. The summed E-state index contributed by atoms with van der Waals surface area (Å²) in [5.74, 6) is 1.91. The molecule has 1 saturated heterocycles. The molecule has 1 saturated carbocycles. The van der Waals surface area contributed by atoms with Crippen molar-refractivity contribution < 1.29 is 4.74 Å². The number of hydrogen-bond acceptors (Lipinski definition) is 3. The molecule has 2 fully saturated rings. The molecule has 3 rings (SSSR count). The topological polar surface area (TPSA) is 38.5 Å². The van der Waals surface area contributed by atoms with Crippen LogP contribution in [0.4, 0.5) is 0 Å². The molecule has 3 nitrogen and oxygen atoms in total. The van der Waals surface area contributed by atoms with Gasteiger partial charge in [-0.25, -0.2) is 0 Å². The SMILES string of the molecule is NCc1cccc(OCCN2CCCC3CCCC32)c1. The average Bonchev–Trinajstić information content (AvgIpc) is 2.97. The second kappa shape index (κ2) is 6.59. The summed E-state index contributed by atoms with van der Waals surface area (Å²) < 4.78 is 5.90. The number of rotatable bonds is 5. The molecule has 20 heavy (non-hydrogen) atoms. The van der Waals surface area contributed by atoms with Crippen LogP contribution in [-0.2, 0) is 6.54 Å². The molecule has 2 unspecified atom stereocenters. The Balaban J connectivity index is 1.49. The van der Waals surface area contributed by atoms with Crippen molar-refractivity contribution in [1.82, 2.24) is 4.90 Å². The van der Waals surface area contributed by atoms with Crippen molar-refractivity contribution in [2.24, 2.45) is 11.7 Å². The number of ether oxygens (including phenoxy) is 1. The smallest absolute Gasteiger partial charge is 0.119 e. The Labute approximate surface area is 122 Å². The predicted molar refractivity (Wildman–Crippen MR) is 81.8 cm³/mol. The molecule has 1 aromatic rings. The van der Waals surface area contributed by atoms with Gasteiger partial charge >= 0.3 is 0 Å². The summed E-state index contributed by atoms with van der Waals surface area (Å²) in [7, 11) is 0. The summed E-state index contributed by atoms with van der Waals surface area (Å²) in [4.78, 5) is 2.66. The van der Waals surface area contributed by atoms with Crippen molar-refractivity contribution in [2.75, 3.05) is 19.7 Å². The van der Waals surface area contributed by atoms with Gasteiger partial charge in [-0.1, -0.05) is 18.6 Å². The molecular formula is C17H26N2O. The van der Waals surface area contributed by atoms with Gasteiger partial charge in [0, 0.05) is 19.1 Å². The lowest BCUT2D eigenvalue weighted by Gasteiger charge is -2.37. The summed E-state index contributed by atoms with van der Waals surface area (Å²) in [5, 5.41) is 0. The lowest BCUT2D eigenvalue weighted by atomic mass is 9.92. The Morgan fingerprint density at radius 1 is 1.20 bits per heavy atom. The third-order valence-electron chi connectivity index (χ3n) is 4.89. The zero-order valence-corrected chi connectivity index (χ0v) is 12.3. The van der Waals surface area contributed by atoms with E-state index in [0.717, 1.165) is 36.4 Å². The Hall–Kier alpha value is -1.06. The van der Waals surface area contributed by atoms with E-state index in [0.29, 0.717) is 6.54 Å². The van der Waals surface area contributed by atoms with Crippen molar-refractivity contribution in [1.29, 1.82) is 0 Å². The highest BCUT2D eigenvalue weighted by Crippen LogP contribution is 2.36. The fourth-order valence-corrected chi connectivity index (χ4v) is 3.88. The monoisotopic (exact) mass is 274 g/mol. The van der Waals surface area contributed by atoms with Crippen molar-refractivity contribution in [2.45, 2.75) is 44.7 Å². The lowest BCUT2D eigenvalue weighted by molar-refractivity contribution is 0.0951. The first kappa shape index (κ1) is 13.9. The van der Waals surface area contributed by atoms with E-state index in [1.165, 1.54) is 38.6 Å². The first-order chi connectivity index (χ1) is 9.86. The van der Waals surface area contributed by atoms with Crippen molar-refractivity contribution >= 4 is 0 Å². The Bertz CT molecular complexity index is 435. The average molecular weight is 274 g/mol. The minimum Gasteiger partial charge on any atom is -0.492 e. The molecule has 2 aliphatic rings. The van der Waals surface area contributed by atoms with Crippen LogP contribution < -0.4 is 10.5 Å². The number of benzene rings is 1. The zero-order chi connectivity index (χ0) is 13.8. The van der Waals surface area contributed by atoms with Gasteiger partial charge in [0.2, 0.25) is 0 Å². The molecule has 2 N–H and O–H groups in total. The van der Waals surface area contributed by atoms with Crippen LogP contribution in [0, 0.1) is 5.92 Å². The lowest BCUT2D eigenvalue weighted by Crippen LogP contribution is -2.44. The summed E-state index contributed by atoms with van der Waals surface area (Å²) in [6.45, 7) is 3.69. The van der Waals surface area contributed by atoms with Crippen molar-refractivity contribution in [3.05, 3.63) is 29.8 Å². The molecule has 1 aromatic carbocycles. The van der Waals surface area contributed by atoms with Crippen LogP contribution in [0.5, 0.6) is 5.75 Å². The minimum atomic E-state index is 0.576. The fourth-order valence-electron chi connectivity index (χ4n) is 3.88. The van der Waals surface area contributed by atoms with E-state index in [1.807, 2.05) is 18.2 Å². The first-order valence-electron chi connectivity index (χ1n) is 8.02. The quantitative estimate of drug-likeness (QED) is 0.897. The normalized spacial score (nSPS) is 26.4. The summed E-state index contributed by atoms with van der Waals surface area (Å²) in [5.41, 5.74) is 6.79. The van der Waals surface area contributed by atoms with Gasteiger partial charge in [-0.15, -0.1) is 0 Å². The van der Waals surface area contributed by atoms with E-state index in [1.54, 1.807) is 0 Å². The summed E-state index contributed by atoms with van der Waals surface area (Å²) in [6.07, 6.45) is 7.07. The second-order valence-electron chi connectivity index (χ2n) is 6.14. The van der Waals surface area contributed by atoms with E-state index in [4.69, 9.17) is 10.5 Å². The first-order valence-corrected chi connectivity index (χ1v) is 8.02. The Morgan fingerprint density at radius 3 is 3.00 bits per heavy atom. The fraction of sp³-hybridized carbons (Fsp3) is 0.647. The molecule has 1 heterocycles. The van der Waals surface area contributed by atoms with Gasteiger partial charge in [0.15, 0.2) is 0 Å². The van der Waals surface area contributed by atoms with E-state index < -0.39 is 0 Å². The molecule has 110 valence electrons. The van der Waals surface area contributed by atoms with Gasteiger partial charge in [-0.2, -0.15) is 0 Å². The second-order valence-corrected chi connectivity index (χ2v) is 6.14.